The van der Waals surface area contributed by atoms with Crippen LogP contribution in [0.25, 0.3) is 0 Å². The minimum Gasteiger partial charge on any atom is -0.497 e. The molecule has 0 bridgehead atoms. The van der Waals surface area contributed by atoms with Crippen LogP contribution in [0.4, 0.5) is 0 Å². The van der Waals surface area contributed by atoms with Crippen molar-refractivity contribution in [2.24, 2.45) is 11.1 Å². The largest absolute Gasteiger partial charge is 0.497 e. The molecule has 0 aromatic heterocycles. The fourth-order valence-corrected chi connectivity index (χ4v) is 2.72. The van der Waals surface area contributed by atoms with Crippen molar-refractivity contribution in [1.29, 1.82) is 0 Å². The Labute approximate surface area is 132 Å². The van der Waals surface area contributed by atoms with Crippen LogP contribution in [0.1, 0.15) is 45.2 Å². The standard InChI is InChI=1S/C16H24N2O2S/c1-5-16(6-2,14(17)21)15(19)18-11(3)12-7-9-13(20-4)10-8-12/h7-11H,5-6H2,1-4H3,(H2,17,21)(H,18,19). The number of carbonyl (C=O) groups is 1. The number of nitrogens with one attached hydrogen (secondary N) is 1. The Bertz CT molecular complexity index is 496. The number of hydrogen-bond donors (Lipinski definition) is 2. The maximum absolute atomic E-state index is 12.6. The Morgan fingerprint density at radius 2 is 1.86 bits per heavy atom. The molecule has 0 heterocycles. The smallest absolute Gasteiger partial charge is 0.233 e. The van der Waals surface area contributed by atoms with Crippen molar-refractivity contribution >= 4 is 23.1 Å². The third-order valence-electron chi connectivity index (χ3n) is 4.08. The lowest BCUT2D eigenvalue weighted by atomic mass is 9.81. The molecule has 1 rings (SSSR count). The van der Waals surface area contributed by atoms with Crippen molar-refractivity contribution < 1.29 is 9.53 Å². The second kappa shape index (κ2) is 7.41. The van der Waals surface area contributed by atoms with E-state index in [-0.39, 0.29) is 16.9 Å². The van der Waals surface area contributed by atoms with E-state index in [1.54, 1.807) is 7.11 Å². The lowest BCUT2D eigenvalue weighted by Crippen LogP contribution is -2.48. The summed E-state index contributed by atoms with van der Waals surface area (Å²) in [5.74, 6) is 0.681. The van der Waals surface area contributed by atoms with Crippen LogP contribution in [-0.4, -0.2) is 18.0 Å². The fourth-order valence-electron chi connectivity index (χ4n) is 2.34. The van der Waals surface area contributed by atoms with Gasteiger partial charge in [0.2, 0.25) is 5.91 Å². The number of amides is 1. The number of hydrogen-bond acceptors (Lipinski definition) is 3. The van der Waals surface area contributed by atoms with E-state index < -0.39 is 5.41 Å². The van der Waals surface area contributed by atoms with E-state index in [0.717, 1.165) is 11.3 Å². The van der Waals surface area contributed by atoms with E-state index in [1.165, 1.54) is 0 Å². The maximum Gasteiger partial charge on any atom is 0.233 e. The first kappa shape index (κ1) is 17.4. The van der Waals surface area contributed by atoms with Gasteiger partial charge in [-0.2, -0.15) is 0 Å². The van der Waals surface area contributed by atoms with Crippen LogP contribution in [0.3, 0.4) is 0 Å². The topological polar surface area (TPSA) is 64.3 Å². The van der Waals surface area contributed by atoms with Crippen LogP contribution < -0.4 is 15.8 Å². The number of benzene rings is 1. The summed E-state index contributed by atoms with van der Waals surface area (Å²) < 4.78 is 5.13. The number of carbonyl (C=O) groups excluding carboxylic acids is 1. The molecule has 21 heavy (non-hydrogen) atoms. The molecule has 4 nitrogen and oxygen atoms in total. The summed E-state index contributed by atoms with van der Waals surface area (Å²) in [5, 5.41) is 3.01. The quantitative estimate of drug-likeness (QED) is 0.760. The van der Waals surface area contributed by atoms with Crippen molar-refractivity contribution in [1.82, 2.24) is 5.32 Å². The van der Waals surface area contributed by atoms with Crippen LogP contribution in [0.5, 0.6) is 5.75 Å². The summed E-state index contributed by atoms with van der Waals surface area (Å²) in [4.78, 5) is 12.8. The monoisotopic (exact) mass is 308 g/mol. The lowest BCUT2D eigenvalue weighted by molar-refractivity contribution is -0.128. The van der Waals surface area contributed by atoms with Gasteiger partial charge in [-0.25, -0.2) is 0 Å². The van der Waals surface area contributed by atoms with E-state index in [4.69, 9.17) is 22.7 Å². The summed E-state index contributed by atoms with van der Waals surface area (Å²) in [5.41, 5.74) is 6.04. The minimum absolute atomic E-state index is 0.108. The molecule has 1 atom stereocenters. The SMILES string of the molecule is CCC(CC)(C(=O)NC(C)c1ccc(OC)cc1)C(N)=S. The zero-order chi connectivity index (χ0) is 16.0. The van der Waals surface area contributed by atoms with Crippen LogP contribution >= 0.6 is 12.2 Å². The average molecular weight is 308 g/mol. The van der Waals surface area contributed by atoms with Crippen molar-refractivity contribution in [2.45, 2.75) is 39.7 Å². The molecule has 1 unspecified atom stereocenters. The molecule has 0 saturated carbocycles. The van der Waals surface area contributed by atoms with Crippen LogP contribution in [-0.2, 0) is 4.79 Å². The molecule has 0 radical (unpaired) electrons. The van der Waals surface area contributed by atoms with Gasteiger partial charge >= 0.3 is 0 Å². The van der Waals surface area contributed by atoms with Gasteiger partial charge in [-0.3, -0.25) is 4.79 Å². The molecule has 1 aromatic carbocycles. The highest BCUT2D eigenvalue weighted by atomic mass is 32.1. The summed E-state index contributed by atoms with van der Waals surface area (Å²) in [7, 11) is 1.62. The van der Waals surface area contributed by atoms with Crippen molar-refractivity contribution in [3.8, 4) is 5.75 Å². The molecule has 116 valence electrons. The molecule has 1 amide bonds. The molecule has 0 aliphatic heterocycles. The number of rotatable bonds is 7. The zero-order valence-electron chi connectivity index (χ0n) is 13.1. The molecule has 0 fully saturated rings. The van der Waals surface area contributed by atoms with Crippen LogP contribution in [0, 0.1) is 5.41 Å². The zero-order valence-corrected chi connectivity index (χ0v) is 13.9. The Hall–Kier alpha value is -1.62. The Kier molecular flexibility index (Phi) is 6.15. The molecular formula is C16H24N2O2S. The maximum atomic E-state index is 12.6. The van der Waals surface area contributed by atoms with E-state index in [2.05, 4.69) is 5.32 Å². The number of ether oxygens (including phenoxy) is 1. The molecule has 0 saturated heterocycles. The van der Waals surface area contributed by atoms with Gasteiger partial charge in [0.1, 0.15) is 5.75 Å². The summed E-state index contributed by atoms with van der Waals surface area (Å²) in [6, 6.07) is 7.50. The van der Waals surface area contributed by atoms with E-state index in [1.807, 2.05) is 45.0 Å². The Balaban J connectivity index is 2.87. The van der Waals surface area contributed by atoms with Gasteiger partial charge in [0, 0.05) is 0 Å². The average Bonchev–Trinajstić information content (AvgIpc) is 2.48. The van der Waals surface area contributed by atoms with Crippen molar-refractivity contribution in [3.63, 3.8) is 0 Å². The van der Waals surface area contributed by atoms with E-state index >= 15 is 0 Å². The summed E-state index contributed by atoms with van der Waals surface area (Å²) in [6.07, 6.45) is 1.19. The molecule has 3 N–H and O–H groups in total. The Morgan fingerprint density at radius 1 is 1.33 bits per heavy atom. The molecule has 0 aliphatic rings. The fraction of sp³-hybridized carbons (Fsp3) is 0.500. The first-order chi connectivity index (χ1) is 9.91. The highest BCUT2D eigenvalue weighted by Gasteiger charge is 2.38. The molecule has 0 aliphatic carbocycles. The summed E-state index contributed by atoms with van der Waals surface area (Å²) >= 11 is 5.11. The van der Waals surface area contributed by atoms with Gasteiger partial charge in [-0.05, 0) is 37.5 Å². The van der Waals surface area contributed by atoms with Gasteiger partial charge in [0.25, 0.3) is 0 Å². The first-order valence-electron chi connectivity index (χ1n) is 7.16. The predicted octanol–water partition coefficient (Wildman–Crippen LogP) is 2.96. The number of thiocarbonyl (C=S) groups is 1. The number of methoxy groups -OCH3 is 1. The van der Waals surface area contributed by atoms with Crippen LogP contribution in [0.2, 0.25) is 0 Å². The normalized spacial score (nSPS) is 12.6. The molecule has 1 aromatic rings. The van der Waals surface area contributed by atoms with E-state index in [0.29, 0.717) is 12.8 Å². The molecule has 0 spiro atoms. The van der Waals surface area contributed by atoms with Crippen molar-refractivity contribution in [3.05, 3.63) is 29.8 Å². The predicted molar refractivity (Wildman–Crippen MR) is 89.4 cm³/mol. The van der Waals surface area contributed by atoms with Crippen molar-refractivity contribution in [2.75, 3.05) is 7.11 Å². The highest BCUT2D eigenvalue weighted by Crippen LogP contribution is 2.28. The van der Waals surface area contributed by atoms with Gasteiger partial charge in [0.05, 0.1) is 23.6 Å². The van der Waals surface area contributed by atoms with Gasteiger partial charge in [-0.15, -0.1) is 0 Å². The van der Waals surface area contributed by atoms with Gasteiger partial charge < -0.3 is 15.8 Å². The highest BCUT2D eigenvalue weighted by molar-refractivity contribution is 7.80. The van der Waals surface area contributed by atoms with Crippen LogP contribution in [0.15, 0.2) is 24.3 Å². The third kappa shape index (κ3) is 3.73. The molecular weight excluding hydrogens is 284 g/mol. The van der Waals surface area contributed by atoms with Gasteiger partial charge in [0.15, 0.2) is 0 Å². The minimum atomic E-state index is -0.768. The summed E-state index contributed by atoms with van der Waals surface area (Å²) in [6.45, 7) is 5.80. The second-order valence-corrected chi connectivity index (χ2v) is 5.56. The lowest BCUT2D eigenvalue weighted by Gasteiger charge is -2.30. The number of nitrogens with two attached hydrogens (primary N) is 1. The Morgan fingerprint density at radius 3 is 2.24 bits per heavy atom. The second-order valence-electron chi connectivity index (χ2n) is 5.12. The van der Waals surface area contributed by atoms with E-state index in [9.17, 15) is 4.79 Å². The molecule has 5 heteroatoms. The third-order valence-corrected chi connectivity index (χ3v) is 4.47. The van der Waals surface area contributed by atoms with Gasteiger partial charge in [-0.1, -0.05) is 38.2 Å². The first-order valence-corrected chi connectivity index (χ1v) is 7.56.